The lowest BCUT2D eigenvalue weighted by atomic mass is 10.2. The van der Waals surface area contributed by atoms with E-state index in [1.54, 1.807) is 42.5 Å². The molecule has 0 aliphatic rings. The fourth-order valence-corrected chi connectivity index (χ4v) is 3.20. The Hall–Kier alpha value is -2.50. The van der Waals surface area contributed by atoms with E-state index in [0.717, 1.165) is 11.4 Å². The van der Waals surface area contributed by atoms with Crippen molar-refractivity contribution in [1.82, 2.24) is 0 Å². The third-order valence-corrected chi connectivity index (χ3v) is 4.65. The molecule has 0 fully saturated rings. The topological polar surface area (TPSA) is 58.2 Å². The van der Waals surface area contributed by atoms with Gasteiger partial charge >= 0.3 is 0 Å². The van der Waals surface area contributed by atoms with E-state index in [1.165, 1.54) is 0 Å². The van der Waals surface area contributed by atoms with Crippen LogP contribution in [0.1, 0.15) is 0 Å². The van der Waals surface area contributed by atoms with Crippen molar-refractivity contribution < 1.29 is 8.42 Å². The predicted molar refractivity (Wildman–Crippen MR) is 101 cm³/mol. The Morgan fingerprint density at radius 3 is 1.62 bits per heavy atom. The number of anilines is 3. The highest BCUT2D eigenvalue weighted by Gasteiger charge is 2.13. The summed E-state index contributed by atoms with van der Waals surface area (Å²) in [4.78, 5) is 0.242. The molecule has 3 aromatic rings. The van der Waals surface area contributed by atoms with Crippen LogP contribution in [0.25, 0.3) is 0 Å². The van der Waals surface area contributed by atoms with Crippen LogP contribution in [-0.2, 0) is 10.0 Å². The molecule has 0 aromatic heterocycles. The van der Waals surface area contributed by atoms with Crippen molar-refractivity contribution in [2.45, 2.75) is 4.90 Å². The molecule has 0 bridgehead atoms. The second kappa shape index (κ2) is 7.86. The van der Waals surface area contributed by atoms with Crippen molar-refractivity contribution >= 4 is 39.5 Å². The lowest BCUT2D eigenvalue weighted by Crippen LogP contribution is -2.12. The van der Waals surface area contributed by atoms with Crippen LogP contribution in [0.15, 0.2) is 89.8 Å². The molecule has 0 heterocycles. The number of halogens is 1. The molecule has 0 aliphatic heterocycles. The van der Waals surface area contributed by atoms with E-state index in [0.29, 0.717) is 5.69 Å². The summed E-state index contributed by atoms with van der Waals surface area (Å²) in [5, 5.41) is 3.25. The van der Waals surface area contributed by atoms with Crippen LogP contribution in [0.2, 0.25) is 0 Å². The fourth-order valence-electron chi connectivity index (χ4n) is 2.12. The highest BCUT2D eigenvalue weighted by Crippen LogP contribution is 2.20. The van der Waals surface area contributed by atoms with E-state index in [-0.39, 0.29) is 17.3 Å². The highest BCUT2D eigenvalue weighted by molar-refractivity contribution is 7.92. The summed E-state index contributed by atoms with van der Waals surface area (Å²) in [5.41, 5.74) is 2.39. The van der Waals surface area contributed by atoms with Crippen molar-refractivity contribution in [3.63, 3.8) is 0 Å². The van der Waals surface area contributed by atoms with Gasteiger partial charge < -0.3 is 5.32 Å². The number of nitrogens with one attached hydrogen (secondary N) is 2. The van der Waals surface area contributed by atoms with Crippen molar-refractivity contribution in [3.05, 3.63) is 84.9 Å². The lowest BCUT2D eigenvalue weighted by molar-refractivity contribution is 0.601. The van der Waals surface area contributed by atoms with Gasteiger partial charge in [-0.3, -0.25) is 4.72 Å². The van der Waals surface area contributed by atoms with E-state index >= 15 is 0 Å². The van der Waals surface area contributed by atoms with Crippen LogP contribution >= 0.6 is 12.4 Å². The Morgan fingerprint density at radius 2 is 1.04 bits per heavy atom. The molecule has 0 spiro atoms. The van der Waals surface area contributed by atoms with Gasteiger partial charge in [-0.2, -0.15) is 0 Å². The molecule has 0 saturated heterocycles. The Balaban J connectivity index is 0.00000208. The van der Waals surface area contributed by atoms with Crippen LogP contribution < -0.4 is 10.0 Å². The van der Waals surface area contributed by atoms with Gasteiger partial charge in [0, 0.05) is 17.1 Å². The van der Waals surface area contributed by atoms with E-state index in [9.17, 15) is 8.42 Å². The van der Waals surface area contributed by atoms with Gasteiger partial charge in [0.25, 0.3) is 10.0 Å². The standard InChI is InChI=1S/C18H16N2O2S.ClH/c21-23(22,18-9-5-2-6-10-18)20-17-13-11-16(12-14-17)19-15-7-3-1-4-8-15;/h1-14,19-20H;1H. The molecular formula is C18H17ClN2O2S. The molecule has 0 amide bonds. The first kappa shape index (κ1) is 17.8. The molecule has 3 aromatic carbocycles. The molecule has 24 heavy (non-hydrogen) atoms. The SMILES string of the molecule is Cl.O=S(=O)(Nc1ccc(Nc2ccccc2)cc1)c1ccccc1. The molecule has 124 valence electrons. The summed E-state index contributed by atoms with van der Waals surface area (Å²) in [7, 11) is -3.56. The molecule has 2 N–H and O–H groups in total. The molecular weight excluding hydrogens is 344 g/mol. The van der Waals surface area contributed by atoms with Gasteiger partial charge in [-0.05, 0) is 48.5 Å². The lowest BCUT2D eigenvalue weighted by Gasteiger charge is -2.10. The van der Waals surface area contributed by atoms with Gasteiger partial charge in [-0.1, -0.05) is 36.4 Å². The number of para-hydroxylation sites is 1. The third kappa shape index (κ3) is 4.50. The molecule has 0 unspecified atom stereocenters. The van der Waals surface area contributed by atoms with Crippen LogP contribution in [0.5, 0.6) is 0 Å². The Bertz CT molecular complexity index is 868. The Labute approximate surface area is 148 Å². The number of hydrogen-bond donors (Lipinski definition) is 2. The molecule has 0 radical (unpaired) electrons. The summed E-state index contributed by atoms with van der Waals surface area (Å²) >= 11 is 0. The van der Waals surface area contributed by atoms with Crippen LogP contribution in [0.3, 0.4) is 0 Å². The first-order valence-corrected chi connectivity index (χ1v) is 8.62. The maximum atomic E-state index is 12.3. The van der Waals surface area contributed by atoms with Gasteiger partial charge in [-0.25, -0.2) is 8.42 Å². The van der Waals surface area contributed by atoms with Gasteiger partial charge in [-0.15, -0.1) is 12.4 Å². The minimum absolute atomic E-state index is 0. The zero-order valence-corrected chi connectivity index (χ0v) is 14.3. The first-order chi connectivity index (χ1) is 11.1. The van der Waals surface area contributed by atoms with Gasteiger partial charge in [0.15, 0.2) is 0 Å². The normalized spacial score (nSPS) is 10.5. The van der Waals surface area contributed by atoms with Gasteiger partial charge in [0.2, 0.25) is 0 Å². The quantitative estimate of drug-likeness (QED) is 0.696. The van der Waals surface area contributed by atoms with E-state index in [4.69, 9.17) is 0 Å². The minimum Gasteiger partial charge on any atom is -0.356 e. The van der Waals surface area contributed by atoms with Crippen molar-refractivity contribution in [3.8, 4) is 0 Å². The number of benzene rings is 3. The molecule has 0 aliphatic carbocycles. The molecule has 0 saturated carbocycles. The van der Waals surface area contributed by atoms with E-state index in [1.807, 2.05) is 42.5 Å². The maximum Gasteiger partial charge on any atom is 0.261 e. The smallest absolute Gasteiger partial charge is 0.261 e. The van der Waals surface area contributed by atoms with Crippen molar-refractivity contribution in [2.24, 2.45) is 0 Å². The first-order valence-electron chi connectivity index (χ1n) is 7.13. The Morgan fingerprint density at radius 1 is 0.583 bits per heavy atom. The molecule has 3 rings (SSSR count). The summed E-state index contributed by atoms with van der Waals surface area (Å²) in [6.07, 6.45) is 0. The van der Waals surface area contributed by atoms with Crippen molar-refractivity contribution in [1.29, 1.82) is 0 Å². The second-order valence-corrected chi connectivity index (χ2v) is 6.67. The number of hydrogen-bond acceptors (Lipinski definition) is 3. The van der Waals surface area contributed by atoms with Crippen molar-refractivity contribution in [2.75, 3.05) is 10.0 Å². The van der Waals surface area contributed by atoms with Crippen LogP contribution in [0.4, 0.5) is 17.1 Å². The number of rotatable bonds is 5. The van der Waals surface area contributed by atoms with Gasteiger partial charge in [0.05, 0.1) is 4.90 Å². The molecule has 6 heteroatoms. The summed E-state index contributed by atoms with van der Waals surface area (Å²) in [5.74, 6) is 0. The zero-order chi connectivity index (χ0) is 16.1. The summed E-state index contributed by atoms with van der Waals surface area (Å²) in [6, 6.07) is 25.2. The van der Waals surface area contributed by atoms with Crippen LogP contribution in [0, 0.1) is 0 Å². The average molecular weight is 361 g/mol. The molecule has 4 nitrogen and oxygen atoms in total. The predicted octanol–water partition coefficient (Wildman–Crippen LogP) is 4.65. The fraction of sp³-hybridized carbons (Fsp3) is 0. The largest absolute Gasteiger partial charge is 0.356 e. The van der Waals surface area contributed by atoms with E-state index < -0.39 is 10.0 Å². The highest BCUT2D eigenvalue weighted by atomic mass is 35.5. The van der Waals surface area contributed by atoms with E-state index in [2.05, 4.69) is 10.0 Å². The Kier molecular flexibility index (Phi) is 5.84. The van der Waals surface area contributed by atoms with Gasteiger partial charge in [0.1, 0.15) is 0 Å². The second-order valence-electron chi connectivity index (χ2n) is 4.99. The third-order valence-electron chi connectivity index (χ3n) is 3.25. The minimum atomic E-state index is -3.56. The molecule has 0 atom stereocenters. The van der Waals surface area contributed by atoms with Crippen LogP contribution in [-0.4, -0.2) is 8.42 Å². The average Bonchev–Trinajstić information content (AvgIpc) is 2.58. The number of sulfonamides is 1. The maximum absolute atomic E-state index is 12.3. The zero-order valence-electron chi connectivity index (χ0n) is 12.7. The summed E-state index contributed by atoms with van der Waals surface area (Å²) in [6.45, 7) is 0. The summed E-state index contributed by atoms with van der Waals surface area (Å²) < 4.78 is 27.1. The monoisotopic (exact) mass is 360 g/mol.